The van der Waals surface area contributed by atoms with Crippen LogP contribution in [-0.4, -0.2) is 27.9 Å². The Hall–Kier alpha value is -0.900. The van der Waals surface area contributed by atoms with Crippen molar-refractivity contribution >= 4 is 0 Å². The van der Waals surface area contributed by atoms with Crippen LogP contribution in [0.4, 0.5) is 0 Å². The van der Waals surface area contributed by atoms with Crippen LogP contribution in [0.1, 0.15) is 51.3 Å². The van der Waals surface area contributed by atoms with Gasteiger partial charge in [-0.3, -0.25) is 0 Å². The lowest BCUT2D eigenvalue weighted by molar-refractivity contribution is 0.387. The van der Waals surface area contributed by atoms with Crippen LogP contribution in [0, 0.1) is 6.92 Å². The van der Waals surface area contributed by atoms with E-state index in [0.29, 0.717) is 6.04 Å². The highest BCUT2D eigenvalue weighted by Crippen LogP contribution is 2.34. The third-order valence-corrected chi connectivity index (χ3v) is 3.78. The third kappa shape index (κ3) is 1.65. The first-order chi connectivity index (χ1) is 7.60. The summed E-state index contributed by atoms with van der Waals surface area (Å²) in [5.74, 6) is 2.21. The molecule has 0 amide bonds. The van der Waals surface area contributed by atoms with Gasteiger partial charge in [-0.15, -0.1) is 10.2 Å². The van der Waals surface area contributed by atoms with Gasteiger partial charge in [-0.2, -0.15) is 0 Å². The summed E-state index contributed by atoms with van der Waals surface area (Å²) in [7, 11) is 0. The minimum Gasteiger partial charge on any atom is -0.316 e. The zero-order chi connectivity index (χ0) is 11.8. The van der Waals surface area contributed by atoms with Gasteiger partial charge in [0.15, 0.2) is 0 Å². The number of nitrogens with one attached hydrogen (secondary N) is 1. The topological polar surface area (TPSA) is 42.7 Å². The van der Waals surface area contributed by atoms with Gasteiger partial charge in [-0.1, -0.05) is 6.92 Å². The van der Waals surface area contributed by atoms with E-state index >= 15 is 0 Å². The molecule has 90 valence electrons. The van der Waals surface area contributed by atoms with E-state index < -0.39 is 0 Å². The lowest BCUT2D eigenvalue weighted by Crippen LogP contribution is -2.32. The standard InChI is InChI=1S/C12H22N4/c1-5-12(6-7-13-8-12)11-15-14-10(4)16(11)9(2)3/h9,13H,5-8H2,1-4H3. The molecule has 4 heteroatoms. The molecule has 0 spiro atoms. The van der Waals surface area contributed by atoms with Gasteiger partial charge in [-0.25, -0.2) is 0 Å². The first-order valence-electron chi connectivity index (χ1n) is 6.23. The summed E-state index contributed by atoms with van der Waals surface area (Å²) in [6.07, 6.45) is 2.30. The van der Waals surface area contributed by atoms with E-state index in [4.69, 9.17) is 0 Å². The maximum atomic E-state index is 4.43. The van der Waals surface area contributed by atoms with Gasteiger partial charge in [0.25, 0.3) is 0 Å². The number of aromatic nitrogens is 3. The van der Waals surface area contributed by atoms with E-state index in [0.717, 1.165) is 25.3 Å². The van der Waals surface area contributed by atoms with Crippen molar-refractivity contribution in [3.63, 3.8) is 0 Å². The average Bonchev–Trinajstić information content (AvgIpc) is 2.84. The van der Waals surface area contributed by atoms with Gasteiger partial charge in [0.2, 0.25) is 0 Å². The van der Waals surface area contributed by atoms with E-state index in [1.54, 1.807) is 0 Å². The van der Waals surface area contributed by atoms with E-state index in [-0.39, 0.29) is 5.41 Å². The Morgan fingerprint density at radius 1 is 1.44 bits per heavy atom. The molecule has 0 bridgehead atoms. The molecule has 2 rings (SSSR count). The zero-order valence-corrected chi connectivity index (χ0v) is 10.7. The molecule has 1 N–H and O–H groups in total. The second-order valence-corrected chi connectivity index (χ2v) is 5.10. The highest BCUT2D eigenvalue weighted by molar-refractivity contribution is 5.15. The van der Waals surface area contributed by atoms with Crippen molar-refractivity contribution < 1.29 is 0 Å². The normalized spacial score (nSPS) is 25.6. The van der Waals surface area contributed by atoms with Crippen LogP contribution in [0.25, 0.3) is 0 Å². The van der Waals surface area contributed by atoms with E-state index in [9.17, 15) is 0 Å². The monoisotopic (exact) mass is 222 g/mol. The molecule has 16 heavy (non-hydrogen) atoms. The lowest BCUT2D eigenvalue weighted by Gasteiger charge is -2.27. The summed E-state index contributed by atoms with van der Waals surface area (Å²) in [6.45, 7) is 10.8. The minimum absolute atomic E-state index is 0.200. The van der Waals surface area contributed by atoms with Gasteiger partial charge in [0, 0.05) is 18.0 Å². The fourth-order valence-electron chi connectivity index (χ4n) is 2.74. The Labute approximate surface area is 97.5 Å². The number of hydrogen-bond acceptors (Lipinski definition) is 3. The zero-order valence-electron chi connectivity index (χ0n) is 10.7. The average molecular weight is 222 g/mol. The molecular weight excluding hydrogens is 200 g/mol. The molecule has 1 aromatic rings. The Morgan fingerprint density at radius 2 is 2.19 bits per heavy atom. The van der Waals surface area contributed by atoms with Gasteiger partial charge in [0.05, 0.1) is 0 Å². The molecule has 1 aliphatic heterocycles. The van der Waals surface area contributed by atoms with Crippen LogP contribution in [0.15, 0.2) is 0 Å². The van der Waals surface area contributed by atoms with Gasteiger partial charge in [-0.05, 0) is 40.2 Å². The number of aryl methyl sites for hydroxylation is 1. The van der Waals surface area contributed by atoms with Crippen molar-refractivity contribution in [2.75, 3.05) is 13.1 Å². The Bertz CT molecular complexity index is 361. The van der Waals surface area contributed by atoms with Crippen LogP contribution >= 0.6 is 0 Å². The summed E-state index contributed by atoms with van der Waals surface area (Å²) in [5, 5.41) is 12.2. The lowest BCUT2D eigenvalue weighted by atomic mass is 9.83. The van der Waals surface area contributed by atoms with Crippen LogP contribution in [-0.2, 0) is 5.41 Å². The Balaban J connectivity index is 2.46. The molecule has 1 fully saturated rings. The van der Waals surface area contributed by atoms with Gasteiger partial charge in [0.1, 0.15) is 11.6 Å². The van der Waals surface area contributed by atoms with Crippen LogP contribution < -0.4 is 5.32 Å². The van der Waals surface area contributed by atoms with Crippen LogP contribution in [0.5, 0.6) is 0 Å². The van der Waals surface area contributed by atoms with E-state index in [1.165, 1.54) is 12.2 Å². The summed E-state index contributed by atoms with van der Waals surface area (Å²) >= 11 is 0. The van der Waals surface area contributed by atoms with Crippen molar-refractivity contribution in [1.29, 1.82) is 0 Å². The predicted molar refractivity (Wildman–Crippen MR) is 64.6 cm³/mol. The van der Waals surface area contributed by atoms with Crippen molar-refractivity contribution in [2.24, 2.45) is 0 Å². The molecule has 0 saturated carbocycles. The highest BCUT2D eigenvalue weighted by Gasteiger charge is 2.39. The molecule has 2 heterocycles. The second-order valence-electron chi connectivity index (χ2n) is 5.10. The van der Waals surface area contributed by atoms with Crippen molar-refractivity contribution in [2.45, 2.75) is 52.0 Å². The number of rotatable bonds is 3. The molecule has 1 atom stereocenters. The third-order valence-electron chi connectivity index (χ3n) is 3.78. The fraction of sp³-hybridized carbons (Fsp3) is 0.833. The smallest absolute Gasteiger partial charge is 0.140 e. The largest absolute Gasteiger partial charge is 0.316 e. The van der Waals surface area contributed by atoms with Crippen molar-refractivity contribution in [3.05, 3.63) is 11.6 Å². The van der Waals surface area contributed by atoms with Crippen LogP contribution in [0.2, 0.25) is 0 Å². The number of hydrogen-bond donors (Lipinski definition) is 1. The second kappa shape index (κ2) is 4.17. The van der Waals surface area contributed by atoms with Crippen molar-refractivity contribution in [3.8, 4) is 0 Å². The molecule has 0 radical (unpaired) electrons. The fourth-order valence-corrected chi connectivity index (χ4v) is 2.74. The molecule has 4 nitrogen and oxygen atoms in total. The summed E-state index contributed by atoms with van der Waals surface area (Å²) in [6, 6.07) is 0.439. The predicted octanol–water partition coefficient (Wildman–Crippen LogP) is 1.81. The quantitative estimate of drug-likeness (QED) is 0.848. The molecule has 0 aliphatic carbocycles. The van der Waals surface area contributed by atoms with Gasteiger partial charge >= 0.3 is 0 Å². The highest BCUT2D eigenvalue weighted by atomic mass is 15.3. The molecule has 1 aromatic heterocycles. The van der Waals surface area contributed by atoms with E-state index in [2.05, 4.69) is 40.9 Å². The molecule has 1 aliphatic rings. The maximum absolute atomic E-state index is 4.43. The first-order valence-corrected chi connectivity index (χ1v) is 6.23. The molecular formula is C12H22N4. The molecule has 0 aromatic carbocycles. The molecule has 1 unspecified atom stereocenters. The Morgan fingerprint density at radius 3 is 2.69 bits per heavy atom. The van der Waals surface area contributed by atoms with Crippen molar-refractivity contribution in [1.82, 2.24) is 20.1 Å². The SMILES string of the molecule is CCC1(c2nnc(C)n2C(C)C)CCNC1. The first kappa shape index (κ1) is 11.6. The van der Waals surface area contributed by atoms with Crippen LogP contribution in [0.3, 0.4) is 0 Å². The Kier molecular flexibility index (Phi) is 3.02. The maximum Gasteiger partial charge on any atom is 0.140 e. The minimum atomic E-state index is 0.200. The summed E-state index contributed by atoms with van der Waals surface area (Å²) < 4.78 is 2.29. The summed E-state index contributed by atoms with van der Waals surface area (Å²) in [4.78, 5) is 0. The number of nitrogens with zero attached hydrogens (tertiary/aromatic N) is 3. The summed E-state index contributed by atoms with van der Waals surface area (Å²) in [5.41, 5.74) is 0.200. The van der Waals surface area contributed by atoms with E-state index in [1.807, 2.05) is 6.92 Å². The molecule has 1 saturated heterocycles. The van der Waals surface area contributed by atoms with Gasteiger partial charge < -0.3 is 9.88 Å².